The van der Waals surface area contributed by atoms with Gasteiger partial charge in [0.2, 0.25) is 10.0 Å². The van der Waals surface area contributed by atoms with Gasteiger partial charge >= 0.3 is 6.18 Å². The third kappa shape index (κ3) is 5.38. The molecular weight excluding hydrogens is 363 g/mol. The van der Waals surface area contributed by atoms with Crippen LogP contribution in [0.2, 0.25) is 0 Å². The number of non-ortho nitro benzene ring substituents is 1. The van der Waals surface area contributed by atoms with Crippen LogP contribution < -0.4 is 10.5 Å². The number of rotatable bonds is 7. The largest absolute Gasteiger partial charge is 0.417 e. The molecule has 0 heterocycles. The molecule has 1 aromatic rings. The number of nitrogens with zero attached hydrogens (tertiary/aromatic N) is 1. The molecule has 0 bridgehead atoms. The number of nitro groups is 1. The predicted octanol–water partition coefficient (Wildman–Crippen LogP) is 2.66. The lowest BCUT2D eigenvalue weighted by Gasteiger charge is -2.31. The van der Waals surface area contributed by atoms with Gasteiger partial charge in [-0.15, -0.1) is 0 Å². The zero-order valence-corrected chi connectivity index (χ0v) is 14.7. The first-order valence-corrected chi connectivity index (χ1v) is 8.80. The standard InChI is InChI=1S/C14H20F3N3O4S/c1-9(2)7-13(3,8-18)19-25(23,24)12-5-4-10(20(21)22)6-11(12)14(15,16)17/h4-6,9,19H,7-8,18H2,1-3H3. The number of hydrogen-bond acceptors (Lipinski definition) is 5. The Balaban J connectivity index is 3.45. The zero-order valence-electron chi connectivity index (χ0n) is 13.9. The van der Waals surface area contributed by atoms with Crippen LogP contribution in [-0.2, 0) is 16.2 Å². The molecule has 25 heavy (non-hydrogen) atoms. The second-order valence-electron chi connectivity index (χ2n) is 6.40. The SMILES string of the molecule is CC(C)CC(C)(CN)NS(=O)(=O)c1ccc([N+](=O)[O-])cc1C(F)(F)F. The zero-order chi connectivity index (χ0) is 19.6. The molecule has 0 saturated heterocycles. The van der Waals surface area contributed by atoms with Crippen molar-refractivity contribution in [3.05, 3.63) is 33.9 Å². The number of alkyl halides is 3. The summed E-state index contributed by atoms with van der Waals surface area (Å²) in [4.78, 5) is 8.59. The molecule has 0 aliphatic heterocycles. The Morgan fingerprint density at radius 3 is 2.28 bits per heavy atom. The lowest BCUT2D eigenvalue weighted by Crippen LogP contribution is -2.52. The van der Waals surface area contributed by atoms with Crippen LogP contribution >= 0.6 is 0 Å². The Labute approximate surface area is 143 Å². The van der Waals surface area contributed by atoms with E-state index in [1.54, 1.807) is 0 Å². The highest BCUT2D eigenvalue weighted by atomic mass is 32.2. The van der Waals surface area contributed by atoms with Gasteiger partial charge in [-0.05, 0) is 25.3 Å². The third-order valence-corrected chi connectivity index (χ3v) is 5.16. The lowest BCUT2D eigenvalue weighted by molar-refractivity contribution is -0.385. The van der Waals surface area contributed by atoms with Crippen molar-refractivity contribution in [3.8, 4) is 0 Å². The molecule has 0 aliphatic carbocycles. The number of nitrogens with one attached hydrogen (secondary N) is 1. The Bertz CT molecular complexity index is 750. The van der Waals surface area contributed by atoms with Gasteiger partial charge in [0.25, 0.3) is 5.69 Å². The van der Waals surface area contributed by atoms with Crippen molar-refractivity contribution in [1.29, 1.82) is 0 Å². The summed E-state index contributed by atoms with van der Waals surface area (Å²) in [6.45, 7) is 4.99. The van der Waals surface area contributed by atoms with Gasteiger partial charge in [0.15, 0.2) is 0 Å². The number of halogens is 3. The number of benzene rings is 1. The maximum absolute atomic E-state index is 13.2. The van der Waals surface area contributed by atoms with Gasteiger partial charge in [-0.25, -0.2) is 13.1 Å². The molecule has 1 unspecified atom stereocenters. The molecule has 1 rings (SSSR count). The number of nitrogens with two attached hydrogens (primary N) is 1. The van der Waals surface area contributed by atoms with Crippen LogP contribution in [0, 0.1) is 16.0 Å². The fourth-order valence-electron chi connectivity index (χ4n) is 2.53. The van der Waals surface area contributed by atoms with Gasteiger partial charge in [-0.3, -0.25) is 10.1 Å². The monoisotopic (exact) mass is 383 g/mol. The van der Waals surface area contributed by atoms with Crippen molar-refractivity contribution in [3.63, 3.8) is 0 Å². The van der Waals surface area contributed by atoms with Crippen LogP contribution in [0.5, 0.6) is 0 Å². The average Bonchev–Trinajstić information content (AvgIpc) is 2.44. The van der Waals surface area contributed by atoms with Gasteiger partial charge in [0, 0.05) is 24.2 Å². The van der Waals surface area contributed by atoms with E-state index >= 15 is 0 Å². The Morgan fingerprint density at radius 2 is 1.88 bits per heavy atom. The minimum Gasteiger partial charge on any atom is -0.329 e. The third-order valence-electron chi connectivity index (χ3n) is 3.46. The minimum absolute atomic E-state index is 0.0372. The summed E-state index contributed by atoms with van der Waals surface area (Å²) in [6, 6.07) is 1.50. The van der Waals surface area contributed by atoms with Crippen LogP contribution in [0.15, 0.2) is 23.1 Å². The Morgan fingerprint density at radius 1 is 1.32 bits per heavy atom. The Kier molecular flexibility index (Phi) is 6.19. The highest BCUT2D eigenvalue weighted by Crippen LogP contribution is 2.36. The van der Waals surface area contributed by atoms with Crippen LogP contribution in [0.1, 0.15) is 32.8 Å². The Hall–Kier alpha value is -1.72. The fourth-order valence-corrected chi connectivity index (χ4v) is 4.17. The van der Waals surface area contributed by atoms with Crippen molar-refractivity contribution >= 4 is 15.7 Å². The highest BCUT2D eigenvalue weighted by Gasteiger charge is 2.40. The first-order valence-electron chi connectivity index (χ1n) is 7.31. The van der Waals surface area contributed by atoms with Gasteiger partial charge in [-0.1, -0.05) is 13.8 Å². The molecule has 0 aromatic heterocycles. The highest BCUT2D eigenvalue weighted by molar-refractivity contribution is 7.89. The van der Waals surface area contributed by atoms with E-state index in [0.29, 0.717) is 18.6 Å². The van der Waals surface area contributed by atoms with Crippen molar-refractivity contribution in [2.24, 2.45) is 11.7 Å². The first-order chi connectivity index (χ1) is 11.2. The topological polar surface area (TPSA) is 115 Å². The van der Waals surface area contributed by atoms with E-state index in [0.717, 1.165) is 0 Å². The van der Waals surface area contributed by atoms with E-state index < -0.39 is 42.8 Å². The van der Waals surface area contributed by atoms with E-state index in [1.807, 2.05) is 13.8 Å². The summed E-state index contributed by atoms with van der Waals surface area (Å²) >= 11 is 0. The maximum atomic E-state index is 13.2. The van der Waals surface area contributed by atoms with Gasteiger partial charge in [-0.2, -0.15) is 13.2 Å². The summed E-state index contributed by atoms with van der Waals surface area (Å²) in [6.07, 6.45) is -4.77. The van der Waals surface area contributed by atoms with Crippen LogP contribution in [-0.4, -0.2) is 25.4 Å². The van der Waals surface area contributed by atoms with Crippen molar-refractivity contribution in [2.45, 2.75) is 43.8 Å². The molecule has 1 aromatic carbocycles. The van der Waals surface area contributed by atoms with Crippen LogP contribution in [0.4, 0.5) is 18.9 Å². The molecule has 1 atom stereocenters. The van der Waals surface area contributed by atoms with E-state index in [-0.39, 0.29) is 18.5 Å². The van der Waals surface area contributed by atoms with E-state index in [1.165, 1.54) is 6.92 Å². The molecule has 0 radical (unpaired) electrons. The van der Waals surface area contributed by atoms with E-state index in [9.17, 15) is 31.7 Å². The first kappa shape index (κ1) is 21.3. The molecule has 0 spiro atoms. The van der Waals surface area contributed by atoms with Gasteiger partial charge in [0.05, 0.1) is 15.4 Å². The van der Waals surface area contributed by atoms with Crippen molar-refractivity contribution in [2.75, 3.05) is 6.54 Å². The second kappa shape index (κ2) is 7.26. The summed E-state index contributed by atoms with van der Waals surface area (Å²) in [5.41, 5.74) is 1.98. The average molecular weight is 383 g/mol. The quantitative estimate of drug-likeness (QED) is 0.555. The molecule has 0 amide bonds. The fraction of sp³-hybridized carbons (Fsp3) is 0.571. The van der Waals surface area contributed by atoms with E-state index in [4.69, 9.17) is 5.73 Å². The summed E-state index contributed by atoms with van der Waals surface area (Å²) in [5, 5.41) is 10.7. The molecule has 3 N–H and O–H groups in total. The predicted molar refractivity (Wildman–Crippen MR) is 85.3 cm³/mol. The van der Waals surface area contributed by atoms with E-state index in [2.05, 4.69) is 4.72 Å². The molecule has 0 aliphatic rings. The number of hydrogen-bond donors (Lipinski definition) is 2. The molecular formula is C14H20F3N3O4S. The smallest absolute Gasteiger partial charge is 0.329 e. The molecule has 0 saturated carbocycles. The number of nitro benzene ring substituents is 1. The normalized spacial score (nSPS) is 15.2. The van der Waals surface area contributed by atoms with Crippen molar-refractivity contribution < 1.29 is 26.5 Å². The van der Waals surface area contributed by atoms with Gasteiger partial charge < -0.3 is 5.73 Å². The summed E-state index contributed by atoms with van der Waals surface area (Å²) in [5.74, 6) is 0.0372. The summed E-state index contributed by atoms with van der Waals surface area (Å²) < 4.78 is 66.8. The van der Waals surface area contributed by atoms with Crippen LogP contribution in [0.3, 0.4) is 0 Å². The molecule has 0 fully saturated rings. The molecule has 7 nitrogen and oxygen atoms in total. The molecule has 11 heteroatoms. The minimum atomic E-state index is -5.08. The lowest BCUT2D eigenvalue weighted by atomic mass is 9.92. The maximum Gasteiger partial charge on any atom is 0.417 e. The van der Waals surface area contributed by atoms with Gasteiger partial charge in [0.1, 0.15) is 0 Å². The van der Waals surface area contributed by atoms with Crippen molar-refractivity contribution in [1.82, 2.24) is 4.72 Å². The molecule has 142 valence electrons. The van der Waals surface area contributed by atoms with Crippen LogP contribution in [0.25, 0.3) is 0 Å². The second-order valence-corrected chi connectivity index (χ2v) is 8.05. The summed E-state index contributed by atoms with van der Waals surface area (Å²) in [7, 11) is -4.60. The number of sulfonamides is 1.